The van der Waals surface area contributed by atoms with Gasteiger partial charge in [0.2, 0.25) is 0 Å². The molecule has 0 heterocycles. The highest BCUT2D eigenvalue weighted by Gasteiger charge is 2.14. The monoisotopic (exact) mass is 299 g/mol. The van der Waals surface area contributed by atoms with Crippen LogP contribution in [0.4, 0.5) is 4.79 Å². The van der Waals surface area contributed by atoms with Crippen LogP contribution in [0.3, 0.4) is 0 Å². The van der Waals surface area contributed by atoms with Crippen LogP contribution in [0.2, 0.25) is 5.02 Å². The van der Waals surface area contributed by atoms with Crippen molar-refractivity contribution in [1.82, 2.24) is 15.5 Å². The third-order valence-corrected chi connectivity index (χ3v) is 3.18. The van der Waals surface area contributed by atoms with Crippen molar-refractivity contribution in [2.75, 3.05) is 40.9 Å². The van der Waals surface area contributed by atoms with Crippen molar-refractivity contribution in [3.63, 3.8) is 0 Å². The molecule has 0 aromatic heterocycles. The fourth-order valence-corrected chi connectivity index (χ4v) is 1.93. The number of nitrogens with zero attached hydrogens (tertiary/aromatic N) is 1. The zero-order valence-corrected chi connectivity index (χ0v) is 12.9. The van der Waals surface area contributed by atoms with E-state index in [0.29, 0.717) is 24.7 Å². The van der Waals surface area contributed by atoms with Crippen molar-refractivity contribution in [3.05, 3.63) is 34.9 Å². The molecule has 1 aromatic carbocycles. The van der Waals surface area contributed by atoms with Crippen LogP contribution in [0, 0.1) is 0 Å². The second-order valence-electron chi connectivity index (χ2n) is 4.66. The van der Waals surface area contributed by atoms with E-state index in [1.165, 1.54) is 0 Å². The zero-order chi connectivity index (χ0) is 15.0. The zero-order valence-electron chi connectivity index (χ0n) is 12.1. The van der Waals surface area contributed by atoms with Gasteiger partial charge in [0, 0.05) is 25.2 Å². The number of methoxy groups -OCH3 is 1. The highest BCUT2D eigenvalue weighted by Crippen LogP contribution is 2.19. The SMILES string of the molecule is COCCNC(=O)NCC(c1ccc(Cl)cc1)N(C)C. The summed E-state index contributed by atoms with van der Waals surface area (Å²) in [5.41, 5.74) is 1.11. The maximum Gasteiger partial charge on any atom is 0.314 e. The van der Waals surface area contributed by atoms with Crippen LogP contribution < -0.4 is 10.6 Å². The van der Waals surface area contributed by atoms with Gasteiger partial charge in [-0.3, -0.25) is 0 Å². The summed E-state index contributed by atoms with van der Waals surface area (Å²) in [6, 6.07) is 7.55. The van der Waals surface area contributed by atoms with Gasteiger partial charge in [0.25, 0.3) is 0 Å². The van der Waals surface area contributed by atoms with E-state index in [1.807, 2.05) is 38.4 Å². The summed E-state index contributed by atoms with van der Waals surface area (Å²) in [6.07, 6.45) is 0. The summed E-state index contributed by atoms with van der Waals surface area (Å²) in [6.45, 7) is 1.52. The maximum absolute atomic E-state index is 11.6. The summed E-state index contributed by atoms with van der Waals surface area (Å²) in [5.74, 6) is 0. The van der Waals surface area contributed by atoms with Crippen LogP contribution in [0.5, 0.6) is 0 Å². The minimum Gasteiger partial charge on any atom is -0.383 e. The summed E-state index contributed by atoms with van der Waals surface area (Å²) < 4.78 is 4.87. The molecule has 2 amide bonds. The molecule has 0 radical (unpaired) electrons. The number of halogens is 1. The lowest BCUT2D eigenvalue weighted by Crippen LogP contribution is -2.41. The van der Waals surface area contributed by atoms with Crippen molar-refractivity contribution in [2.45, 2.75) is 6.04 Å². The summed E-state index contributed by atoms with van der Waals surface area (Å²) >= 11 is 5.89. The standard InChI is InChI=1S/C14H22ClN3O2/c1-18(2)13(11-4-6-12(15)7-5-11)10-17-14(19)16-8-9-20-3/h4-7,13H,8-10H2,1-3H3,(H2,16,17,19). The molecule has 1 aromatic rings. The van der Waals surface area contributed by atoms with Gasteiger partial charge in [-0.25, -0.2) is 4.79 Å². The summed E-state index contributed by atoms with van der Waals surface area (Å²) in [5, 5.41) is 6.28. The average Bonchev–Trinajstić information content (AvgIpc) is 2.41. The van der Waals surface area contributed by atoms with Crippen LogP contribution in [-0.2, 0) is 4.74 Å². The van der Waals surface area contributed by atoms with Crippen molar-refractivity contribution in [3.8, 4) is 0 Å². The van der Waals surface area contributed by atoms with Crippen LogP contribution in [0.15, 0.2) is 24.3 Å². The molecule has 0 aliphatic heterocycles. The number of amides is 2. The average molecular weight is 300 g/mol. The Morgan fingerprint density at radius 2 is 1.95 bits per heavy atom. The molecule has 1 unspecified atom stereocenters. The van der Waals surface area contributed by atoms with Gasteiger partial charge in [-0.2, -0.15) is 0 Å². The molecule has 0 aliphatic carbocycles. The van der Waals surface area contributed by atoms with Crippen molar-refractivity contribution < 1.29 is 9.53 Å². The molecule has 0 saturated carbocycles. The number of ether oxygens (including phenoxy) is 1. The van der Waals surface area contributed by atoms with Gasteiger partial charge in [-0.1, -0.05) is 23.7 Å². The minimum absolute atomic E-state index is 0.0976. The second-order valence-corrected chi connectivity index (χ2v) is 5.10. The Bertz CT molecular complexity index is 409. The predicted molar refractivity (Wildman–Crippen MR) is 81.2 cm³/mol. The molecule has 0 fully saturated rings. The van der Waals surface area contributed by atoms with Gasteiger partial charge in [-0.05, 0) is 31.8 Å². The van der Waals surface area contributed by atoms with E-state index in [4.69, 9.17) is 16.3 Å². The summed E-state index contributed by atoms with van der Waals surface area (Å²) in [4.78, 5) is 13.7. The predicted octanol–water partition coefficient (Wildman–Crippen LogP) is 1.89. The summed E-state index contributed by atoms with van der Waals surface area (Å²) in [7, 11) is 5.55. The normalized spacial score (nSPS) is 12.2. The quantitative estimate of drug-likeness (QED) is 0.756. The molecule has 20 heavy (non-hydrogen) atoms. The number of likely N-dealkylation sites (N-methyl/N-ethyl adjacent to an activating group) is 1. The largest absolute Gasteiger partial charge is 0.383 e. The Kier molecular flexibility index (Phi) is 7.36. The molecular weight excluding hydrogens is 278 g/mol. The van der Waals surface area contributed by atoms with Crippen LogP contribution in [0.25, 0.3) is 0 Å². The highest BCUT2D eigenvalue weighted by molar-refractivity contribution is 6.30. The number of carbonyl (C=O) groups is 1. The van der Waals surface area contributed by atoms with E-state index in [2.05, 4.69) is 15.5 Å². The molecular formula is C14H22ClN3O2. The lowest BCUT2D eigenvalue weighted by Gasteiger charge is -2.25. The molecule has 0 aliphatic rings. The van der Waals surface area contributed by atoms with Gasteiger partial charge in [0.1, 0.15) is 0 Å². The van der Waals surface area contributed by atoms with Gasteiger partial charge >= 0.3 is 6.03 Å². The Hall–Kier alpha value is -1.30. The van der Waals surface area contributed by atoms with E-state index >= 15 is 0 Å². The Morgan fingerprint density at radius 1 is 1.30 bits per heavy atom. The van der Waals surface area contributed by atoms with Crippen molar-refractivity contribution in [1.29, 1.82) is 0 Å². The van der Waals surface area contributed by atoms with Crippen molar-refractivity contribution in [2.24, 2.45) is 0 Å². The van der Waals surface area contributed by atoms with Gasteiger partial charge in [-0.15, -0.1) is 0 Å². The third kappa shape index (κ3) is 5.77. The first-order chi connectivity index (χ1) is 9.54. The molecule has 6 heteroatoms. The van der Waals surface area contributed by atoms with Crippen molar-refractivity contribution >= 4 is 17.6 Å². The molecule has 1 rings (SSSR count). The number of hydrogen-bond acceptors (Lipinski definition) is 3. The van der Waals surface area contributed by atoms with Crippen LogP contribution in [0.1, 0.15) is 11.6 Å². The molecule has 1 atom stereocenters. The fraction of sp³-hybridized carbons (Fsp3) is 0.500. The molecule has 112 valence electrons. The van der Waals surface area contributed by atoms with E-state index in [-0.39, 0.29) is 12.1 Å². The molecule has 5 nitrogen and oxygen atoms in total. The van der Waals surface area contributed by atoms with Gasteiger partial charge < -0.3 is 20.3 Å². The lowest BCUT2D eigenvalue weighted by atomic mass is 10.1. The first kappa shape index (κ1) is 16.8. The van der Waals surface area contributed by atoms with E-state index in [9.17, 15) is 4.79 Å². The Labute approximate surface area is 125 Å². The van der Waals surface area contributed by atoms with Gasteiger partial charge in [0.15, 0.2) is 0 Å². The Morgan fingerprint density at radius 3 is 2.50 bits per heavy atom. The Balaban J connectivity index is 2.51. The van der Waals surface area contributed by atoms with E-state index in [0.717, 1.165) is 5.56 Å². The van der Waals surface area contributed by atoms with Gasteiger partial charge in [0.05, 0.1) is 12.6 Å². The number of rotatable bonds is 7. The topological polar surface area (TPSA) is 53.6 Å². The number of benzene rings is 1. The molecule has 0 spiro atoms. The van der Waals surface area contributed by atoms with E-state index in [1.54, 1.807) is 7.11 Å². The second kappa shape index (κ2) is 8.79. The first-order valence-corrected chi connectivity index (χ1v) is 6.85. The molecule has 0 saturated heterocycles. The lowest BCUT2D eigenvalue weighted by molar-refractivity contribution is 0.194. The van der Waals surface area contributed by atoms with Crippen LogP contribution >= 0.6 is 11.6 Å². The smallest absolute Gasteiger partial charge is 0.314 e. The van der Waals surface area contributed by atoms with E-state index < -0.39 is 0 Å². The first-order valence-electron chi connectivity index (χ1n) is 6.47. The third-order valence-electron chi connectivity index (χ3n) is 2.93. The molecule has 2 N–H and O–H groups in total. The fourth-order valence-electron chi connectivity index (χ4n) is 1.80. The number of hydrogen-bond donors (Lipinski definition) is 2. The highest BCUT2D eigenvalue weighted by atomic mass is 35.5. The van der Waals surface area contributed by atoms with Crippen LogP contribution in [-0.4, -0.2) is 51.8 Å². The molecule has 0 bridgehead atoms. The number of nitrogens with one attached hydrogen (secondary N) is 2. The minimum atomic E-state index is -0.192. The number of carbonyl (C=O) groups excluding carboxylic acids is 1. The number of urea groups is 1. The maximum atomic E-state index is 11.6.